The molecule has 3 heterocycles. The van der Waals surface area contributed by atoms with Crippen molar-refractivity contribution in [3.05, 3.63) is 23.8 Å². The fourth-order valence-corrected chi connectivity index (χ4v) is 5.77. The molecule has 134 valence electrons. The minimum absolute atomic E-state index is 0.119. The lowest BCUT2D eigenvalue weighted by atomic mass is 9.68. The summed E-state index contributed by atoms with van der Waals surface area (Å²) in [5.41, 5.74) is 1.04. The zero-order chi connectivity index (χ0) is 17.0. The van der Waals surface area contributed by atoms with Gasteiger partial charge >= 0.3 is 0 Å². The first-order chi connectivity index (χ1) is 12.2. The molecule has 0 aromatic heterocycles. The third-order valence-corrected chi connectivity index (χ3v) is 6.83. The Hall–Kier alpha value is -1.71. The van der Waals surface area contributed by atoms with E-state index < -0.39 is 0 Å². The maximum Gasteiger partial charge on any atom is 0.230 e. The number of carbonyl (C=O) groups excluding carboxylic acids is 1. The van der Waals surface area contributed by atoms with Gasteiger partial charge in [-0.05, 0) is 74.5 Å². The van der Waals surface area contributed by atoms with Crippen molar-refractivity contribution in [2.75, 3.05) is 19.8 Å². The monoisotopic (exact) mass is 341 g/mol. The van der Waals surface area contributed by atoms with E-state index in [9.17, 15) is 4.79 Å². The van der Waals surface area contributed by atoms with Crippen molar-refractivity contribution in [1.82, 2.24) is 4.90 Å². The molecule has 3 atom stereocenters. The molecule has 2 saturated carbocycles. The van der Waals surface area contributed by atoms with Crippen LogP contribution in [0.25, 0.3) is 0 Å². The van der Waals surface area contributed by atoms with Gasteiger partial charge in [-0.2, -0.15) is 0 Å². The van der Waals surface area contributed by atoms with E-state index in [0.717, 1.165) is 41.4 Å². The zero-order valence-corrected chi connectivity index (χ0v) is 14.9. The van der Waals surface area contributed by atoms with E-state index >= 15 is 0 Å². The molecule has 25 heavy (non-hydrogen) atoms. The van der Waals surface area contributed by atoms with Crippen molar-refractivity contribution in [3.63, 3.8) is 0 Å². The van der Waals surface area contributed by atoms with Gasteiger partial charge in [0.2, 0.25) is 5.91 Å². The van der Waals surface area contributed by atoms with Crippen LogP contribution in [0.3, 0.4) is 0 Å². The topological polar surface area (TPSA) is 38.8 Å². The fraction of sp³-hybridized carbons (Fsp3) is 0.667. The number of amides is 1. The fourth-order valence-electron chi connectivity index (χ4n) is 5.77. The molecule has 1 amide bonds. The molecular weight excluding hydrogens is 314 g/mol. The normalized spacial score (nSPS) is 33.9. The lowest BCUT2D eigenvalue weighted by Crippen LogP contribution is -2.44. The van der Waals surface area contributed by atoms with Gasteiger partial charge in [-0.3, -0.25) is 4.79 Å². The van der Waals surface area contributed by atoms with Crippen molar-refractivity contribution in [1.29, 1.82) is 0 Å². The van der Waals surface area contributed by atoms with Gasteiger partial charge in [0.1, 0.15) is 13.2 Å². The predicted molar refractivity (Wildman–Crippen MR) is 94.9 cm³/mol. The summed E-state index contributed by atoms with van der Waals surface area (Å²) >= 11 is 0. The molecule has 1 aromatic rings. The average Bonchev–Trinajstić information content (AvgIpc) is 2.83. The number of rotatable bonds is 2. The molecule has 4 bridgehead atoms. The number of fused-ring (bicyclic) bond motifs is 2. The molecule has 4 fully saturated rings. The Morgan fingerprint density at radius 1 is 1.00 bits per heavy atom. The molecule has 1 aromatic carbocycles. The molecule has 3 unspecified atom stereocenters. The molecule has 2 aliphatic carbocycles. The third kappa shape index (κ3) is 2.70. The standard InChI is InChI=1S/C21H27NO3/c1-13(17-2-3-19-20(11-17)25-5-4-24-19)21(23)22-12-16-7-14-6-15(8-16)10-18(22)9-14/h2-3,11,13-16,18H,4-10,12H2,1H3. The van der Waals surface area contributed by atoms with Crippen LogP contribution in [0.5, 0.6) is 11.5 Å². The van der Waals surface area contributed by atoms with Crippen LogP contribution in [0.1, 0.15) is 50.5 Å². The summed E-state index contributed by atoms with van der Waals surface area (Å²) < 4.78 is 11.3. The van der Waals surface area contributed by atoms with E-state index in [-0.39, 0.29) is 5.92 Å². The summed E-state index contributed by atoms with van der Waals surface area (Å²) in [6, 6.07) is 6.45. The summed E-state index contributed by atoms with van der Waals surface area (Å²) in [4.78, 5) is 15.6. The van der Waals surface area contributed by atoms with Gasteiger partial charge in [-0.15, -0.1) is 0 Å². The van der Waals surface area contributed by atoms with Gasteiger partial charge in [0.25, 0.3) is 0 Å². The number of ether oxygens (including phenoxy) is 2. The maximum absolute atomic E-state index is 13.3. The number of carbonyl (C=O) groups is 1. The van der Waals surface area contributed by atoms with Gasteiger partial charge in [0.05, 0.1) is 5.92 Å². The quantitative estimate of drug-likeness (QED) is 0.825. The summed E-state index contributed by atoms with van der Waals surface area (Å²) in [6.07, 6.45) is 6.55. The smallest absolute Gasteiger partial charge is 0.230 e. The van der Waals surface area contributed by atoms with E-state index in [4.69, 9.17) is 9.47 Å². The molecular formula is C21H27NO3. The van der Waals surface area contributed by atoms with Gasteiger partial charge in [0, 0.05) is 12.6 Å². The zero-order valence-electron chi connectivity index (χ0n) is 14.9. The van der Waals surface area contributed by atoms with Crippen molar-refractivity contribution in [2.24, 2.45) is 17.8 Å². The number of hydrogen-bond donors (Lipinski definition) is 0. The van der Waals surface area contributed by atoms with Crippen LogP contribution in [-0.4, -0.2) is 36.6 Å². The highest BCUT2D eigenvalue weighted by Crippen LogP contribution is 2.48. The van der Waals surface area contributed by atoms with E-state index in [2.05, 4.69) is 4.90 Å². The molecule has 2 saturated heterocycles. The first kappa shape index (κ1) is 15.5. The van der Waals surface area contributed by atoms with E-state index in [1.165, 1.54) is 32.1 Å². The number of nitrogens with zero attached hydrogens (tertiary/aromatic N) is 1. The van der Waals surface area contributed by atoms with Crippen LogP contribution in [0.15, 0.2) is 18.2 Å². The summed E-state index contributed by atoms with van der Waals surface area (Å²) in [5, 5.41) is 0. The van der Waals surface area contributed by atoms with Crippen molar-refractivity contribution in [3.8, 4) is 11.5 Å². The summed E-state index contributed by atoms with van der Waals surface area (Å²) in [7, 11) is 0. The van der Waals surface area contributed by atoms with Crippen LogP contribution in [-0.2, 0) is 4.79 Å². The van der Waals surface area contributed by atoms with Crippen molar-refractivity contribution in [2.45, 2.75) is 51.0 Å². The van der Waals surface area contributed by atoms with Crippen LogP contribution in [0, 0.1) is 17.8 Å². The number of benzene rings is 1. The van der Waals surface area contributed by atoms with Crippen LogP contribution >= 0.6 is 0 Å². The lowest BCUT2D eigenvalue weighted by Gasteiger charge is -2.39. The van der Waals surface area contributed by atoms with E-state index in [1.807, 2.05) is 25.1 Å². The second-order valence-electron chi connectivity index (χ2n) is 8.55. The third-order valence-electron chi connectivity index (χ3n) is 6.83. The Morgan fingerprint density at radius 2 is 1.68 bits per heavy atom. The minimum Gasteiger partial charge on any atom is -0.486 e. The van der Waals surface area contributed by atoms with Gasteiger partial charge < -0.3 is 14.4 Å². The van der Waals surface area contributed by atoms with Gasteiger partial charge in [-0.25, -0.2) is 0 Å². The lowest BCUT2D eigenvalue weighted by molar-refractivity contribution is -0.135. The Bertz CT molecular complexity index is 674. The molecule has 6 rings (SSSR count). The molecule has 4 nitrogen and oxygen atoms in total. The Kier molecular flexibility index (Phi) is 3.68. The predicted octanol–water partition coefficient (Wildman–Crippen LogP) is 3.60. The van der Waals surface area contributed by atoms with Gasteiger partial charge in [0.15, 0.2) is 11.5 Å². The SMILES string of the molecule is CC(C(=O)N1CC2CC3CC(C2)CC1C3)c1ccc2c(c1)OCCO2. The van der Waals surface area contributed by atoms with E-state index in [0.29, 0.717) is 25.2 Å². The average molecular weight is 341 g/mol. The van der Waals surface area contributed by atoms with Crippen molar-refractivity contribution >= 4 is 5.91 Å². The second kappa shape index (κ2) is 5.93. The highest BCUT2D eigenvalue weighted by molar-refractivity contribution is 5.84. The molecule has 5 aliphatic rings. The highest BCUT2D eigenvalue weighted by atomic mass is 16.6. The highest BCUT2D eigenvalue weighted by Gasteiger charge is 2.44. The molecule has 3 aliphatic heterocycles. The summed E-state index contributed by atoms with van der Waals surface area (Å²) in [6.45, 7) is 4.20. The maximum atomic E-state index is 13.3. The van der Waals surface area contributed by atoms with Crippen molar-refractivity contribution < 1.29 is 14.3 Å². The number of hydrogen-bond acceptors (Lipinski definition) is 3. The van der Waals surface area contributed by atoms with Crippen LogP contribution < -0.4 is 9.47 Å². The molecule has 4 heteroatoms. The first-order valence-corrected chi connectivity index (χ1v) is 9.87. The first-order valence-electron chi connectivity index (χ1n) is 9.87. The minimum atomic E-state index is -0.119. The van der Waals surface area contributed by atoms with Gasteiger partial charge in [-0.1, -0.05) is 6.07 Å². The molecule has 0 N–H and O–H groups in total. The van der Waals surface area contributed by atoms with Crippen LogP contribution in [0.2, 0.25) is 0 Å². The summed E-state index contributed by atoms with van der Waals surface area (Å²) in [5.74, 6) is 4.21. The molecule has 0 spiro atoms. The largest absolute Gasteiger partial charge is 0.486 e. The van der Waals surface area contributed by atoms with Crippen LogP contribution in [0.4, 0.5) is 0 Å². The van der Waals surface area contributed by atoms with E-state index in [1.54, 1.807) is 0 Å². The second-order valence-corrected chi connectivity index (χ2v) is 8.55. The Labute approximate surface area is 149 Å². The Balaban J connectivity index is 1.38. The molecule has 0 radical (unpaired) electrons. The Morgan fingerprint density at radius 3 is 2.44 bits per heavy atom.